The molecule has 5 aromatic rings. The second-order valence-corrected chi connectivity index (χ2v) is 19.5. The van der Waals surface area contributed by atoms with E-state index in [1.807, 2.05) is 0 Å². The van der Waals surface area contributed by atoms with Crippen LogP contribution in [0.25, 0.3) is 10.8 Å². The van der Waals surface area contributed by atoms with Gasteiger partial charge in [-0.3, -0.25) is 47.9 Å². The Morgan fingerprint density at radius 3 is 1.31 bits per heavy atom. The Morgan fingerprint density at radius 2 is 0.874 bits per heavy atom. The average Bonchev–Trinajstić information content (AvgIpc) is 1.66. The van der Waals surface area contributed by atoms with Crippen LogP contribution in [0.15, 0.2) is 72.8 Å². The minimum Gasteiger partial charge on any atom is -0.488 e. The number of hydrogen-bond acceptors (Lipinski definition) is 26. The van der Waals surface area contributed by atoms with Crippen LogP contribution in [-0.2, 0) is 102 Å². The Kier molecular flexibility index (Phi) is 20.3. The standard InChI is InChI=1S/C59H56F2N2O24/c1-31(64)77-27-81-52(70)23-62(24-53(71)82-28-78-32(2)65)47-14-13-37-11-9-10-12-38(37)56(47)76-16-15-75-51-20-40-39(17-48(51)63(25-54(72)83-29-79-33(3)66)26-55(73)84-30-80-34(4)67)57(74)87-59(40)43-18-45(60)49(85-35(5)68)21-41(43)58(7,8)42-22-50(86-36(6)69)46(61)19-44(42)59/h9-14,17-22H,15-16,23-30H2,1-8H3. The summed E-state index contributed by atoms with van der Waals surface area (Å²) in [5, 5.41) is 0.998. The number of carbonyl (C=O) groups excluding carboxylic acids is 11. The minimum atomic E-state index is -2.35. The van der Waals surface area contributed by atoms with Gasteiger partial charge < -0.3 is 71.4 Å². The molecule has 460 valence electrons. The second-order valence-electron chi connectivity index (χ2n) is 19.5. The number of carbonyl (C=O) groups is 11. The number of ether oxygens (including phenoxy) is 13. The fraction of sp³-hybridized carbons (Fsp3) is 0.339. The van der Waals surface area contributed by atoms with Gasteiger partial charge in [0.05, 0.1) is 16.9 Å². The third-order valence-electron chi connectivity index (χ3n) is 13.0. The van der Waals surface area contributed by atoms with Gasteiger partial charge in [0.1, 0.15) is 45.1 Å². The molecule has 0 saturated carbocycles. The number of nitrogens with zero attached hydrogens (tertiary/aromatic N) is 2. The first kappa shape index (κ1) is 64.2. The highest BCUT2D eigenvalue weighted by atomic mass is 19.1. The Morgan fingerprint density at radius 1 is 0.460 bits per heavy atom. The van der Waals surface area contributed by atoms with Crippen LogP contribution in [0.5, 0.6) is 23.0 Å². The lowest BCUT2D eigenvalue weighted by atomic mass is 9.61. The molecule has 0 fully saturated rings. The third-order valence-corrected chi connectivity index (χ3v) is 13.0. The van der Waals surface area contributed by atoms with Crippen molar-refractivity contribution in [1.29, 1.82) is 0 Å². The fourth-order valence-corrected chi connectivity index (χ4v) is 9.42. The zero-order valence-corrected chi connectivity index (χ0v) is 47.9. The lowest BCUT2D eigenvalue weighted by Crippen LogP contribution is -2.42. The smallest absolute Gasteiger partial charge is 0.340 e. The summed E-state index contributed by atoms with van der Waals surface area (Å²) in [6.07, 6.45) is 0. The zero-order valence-electron chi connectivity index (χ0n) is 47.9. The second kappa shape index (κ2) is 27.5. The van der Waals surface area contributed by atoms with Crippen molar-refractivity contribution in [3.63, 3.8) is 0 Å². The van der Waals surface area contributed by atoms with Crippen molar-refractivity contribution in [3.05, 3.63) is 118 Å². The van der Waals surface area contributed by atoms with E-state index in [1.54, 1.807) is 44.2 Å². The highest BCUT2D eigenvalue weighted by molar-refractivity contribution is 6.00. The molecule has 0 N–H and O–H groups in total. The molecule has 0 atom stereocenters. The summed E-state index contributed by atoms with van der Waals surface area (Å²) >= 11 is 0. The first-order valence-corrected chi connectivity index (χ1v) is 26.1. The Hall–Kier alpha value is -10.4. The molecule has 5 aromatic carbocycles. The third kappa shape index (κ3) is 15.3. The molecule has 7 rings (SSSR count). The number of hydrogen-bond donors (Lipinski definition) is 0. The van der Waals surface area contributed by atoms with Gasteiger partial charge in [0.25, 0.3) is 0 Å². The van der Waals surface area contributed by atoms with Crippen molar-refractivity contribution in [3.8, 4) is 23.0 Å². The van der Waals surface area contributed by atoms with Crippen LogP contribution >= 0.6 is 0 Å². The number of rotatable bonds is 25. The van der Waals surface area contributed by atoms with Crippen molar-refractivity contribution >= 4 is 87.8 Å². The summed E-state index contributed by atoms with van der Waals surface area (Å²) in [5.74, 6) is -13.9. The maximum atomic E-state index is 16.5. The van der Waals surface area contributed by atoms with Crippen molar-refractivity contribution in [1.82, 2.24) is 0 Å². The summed E-state index contributed by atoms with van der Waals surface area (Å²) < 4.78 is 102. The molecule has 28 heteroatoms. The SMILES string of the molecule is CC(=O)OCOC(=O)CN(CC(=O)OCOC(C)=O)c1cc2c(cc1OCCOc1c(N(CC(=O)OCOC(C)=O)CC(=O)OCOC(C)=O)ccc3ccccc13)C1(OC2=O)c2cc(F)c(OC(C)=O)cc2C(C)(C)c2cc(OC(C)=O)c(F)cc21. The highest BCUT2D eigenvalue weighted by Gasteiger charge is 2.57. The van der Waals surface area contributed by atoms with Gasteiger partial charge in [0.15, 0.2) is 34.5 Å². The van der Waals surface area contributed by atoms with Gasteiger partial charge in [0.2, 0.25) is 27.2 Å². The van der Waals surface area contributed by atoms with E-state index in [0.29, 0.717) is 10.8 Å². The number of benzene rings is 5. The van der Waals surface area contributed by atoms with E-state index in [0.717, 1.165) is 64.6 Å². The number of esters is 11. The first-order valence-electron chi connectivity index (χ1n) is 26.1. The molecule has 1 aliphatic carbocycles. The van der Waals surface area contributed by atoms with Crippen molar-refractivity contribution in [2.75, 3.05) is 76.4 Å². The van der Waals surface area contributed by atoms with E-state index in [-0.39, 0.29) is 56.3 Å². The number of anilines is 2. The van der Waals surface area contributed by atoms with Crippen LogP contribution in [-0.4, -0.2) is 132 Å². The van der Waals surface area contributed by atoms with E-state index in [2.05, 4.69) is 0 Å². The Labute approximate surface area is 493 Å². The normalized spacial score (nSPS) is 12.8. The largest absolute Gasteiger partial charge is 0.488 e. The van der Waals surface area contributed by atoms with Crippen molar-refractivity contribution < 1.29 is 123 Å². The molecule has 1 spiro atoms. The Bertz CT molecular complexity index is 3460. The van der Waals surface area contributed by atoms with Gasteiger partial charge in [-0.1, -0.05) is 44.2 Å². The summed E-state index contributed by atoms with van der Waals surface area (Å²) in [6, 6.07) is 16.5. The fourth-order valence-electron chi connectivity index (χ4n) is 9.42. The molecular weight excluding hydrogens is 1160 g/mol. The van der Waals surface area contributed by atoms with Gasteiger partial charge in [-0.15, -0.1) is 0 Å². The van der Waals surface area contributed by atoms with Gasteiger partial charge in [-0.25, -0.2) is 13.6 Å². The molecule has 0 radical (unpaired) electrons. The van der Waals surface area contributed by atoms with Crippen molar-refractivity contribution in [2.45, 2.75) is 66.4 Å². The lowest BCUT2D eigenvalue weighted by molar-refractivity contribution is -0.167. The zero-order chi connectivity index (χ0) is 63.5. The van der Waals surface area contributed by atoms with E-state index < -0.39 is 166 Å². The lowest BCUT2D eigenvalue weighted by Gasteiger charge is -2.44. The summed E-state index contributed by atoms with van der Waals surface area (Å²) in [4.78, 5) is 141. The molecular formula is C59H56F2N2O24. The van der Waals surface area contributed by atoms with E-state index in [4.69, 9.17) is 61.6 Å². The van der Waals surface area contributed by atoms with E-state index >= 15 is 8.78 Å². The molecule has 87 heavy (non-hydrogen) atoms. The molecule has 0 saturated heterocycles. The van der Waals surface area contributed by atoms with Gasteiger partial charge in [-0.05, 0) is 59.0 Å². The summed E-state index contributed by atoms with van der Waals surface area (Å²) in [5.41, 5.74) is -4.26. The van der Waals surface area contributed by atoms with Gasteiger partial charge in [0, 0.05) is 69.0 Å². The molecule has 2 aliphatic rings. The number of halogens is 2. The highest BCUT2D eigenvalue weighted by Crippen LogP contribution is 2.59. The molecule has 1 heterocycles. The molecule has 0 aromatic heterocycles. The molecule has 26 nitrogen and oxygen atoms in total. The minimum absolute atomic E-state index is 0.0282. The van der Waals surface area contributed by atoms with Crippen LogP contribution in [0.2, 0.25) is 0 Å². The predicted octanol–water partition coefficient (Wildman–Crippen LogP) is 5.40. The quantitative estimate of drug-likeness (QED) is 0.0232. The molecule has 0 amide bonds. The first-order chi connectivity index (χ1) is 41.2. The van der Waals surface area contributed by atoms with Crippen LogP contribution < -0.4 is 28.7 Å². The van der Waals surface area contributed by atoms with Crippen LogP contribution in [0, 0.1) is 11.6 Å². The average molecular weight is 1220 g/mol. The van der Waals surface area contributed by atoms with E-state index in [1.165, 1.54) is 29.2 Å². The van der Waals surface area contributed by atoms with Crippen LogP contribution in [0.3, 0.4) is 0 Å². The van der Waals surface area contributed by atoms with E-state index in [9.17, 15) is 52.7 Å². The molecule has 0 bridgehead atoms. The van der Waals surface area contributed by atoms with Crippen LogP contribution in [0.1, 0.15) is 93.6 Å². The Balaban J connectivity index is 1.40. The monoisotopic (exact) mass is 1210 g/mol. The van der Waals surface area contributed by atoms with Crippen LogP contribution in [0.4, 0.5) is 20.2 Å². The van der Waals surface area contributed by atoms with Gasteiger partial charge in [-0.2, -0.15) is 0 Å². The molecule has 0 unspecified atom stereocenters. The summed E-state index contributed by atoms with van der Waals surface area (Å²) in [6.45, 7) is 2.18. The molecule has 1 aliphatic heterocycles. The van der Waals surface area contributed by atoms with Crippen molar-refractivity contribution in [2.24, 2.45) is 0 Å². The topological polar surface area (TPSA) is 314 Å². The predicted molar refractivity (Wildman–Crippen MR) is 290 cm³/mol. The maximum Gasteiger partial charge on any atom is 0.340 e. The summed E-state index contributed by atoms with van der Waals surface area (Å²) in [7, 11) is 0. The van der Waals surface area contributed by atoms with Gasteiger partial charge >= 0.3 is 65.7 Å². The number of fused-ring (bicyclic) bond motifs is 7. The maximum absolute atomic E-state index is 16.5.